The molecule has 1 nitrogen and oxygen atoms in total. The monoisotopic (exact) mass is 122 g/mol. The Morgan fingerprint density at radius 1 is 1.33 bits per heavy atom. The van der Waals surface area contributed by atoms with Crippen molar-refractivity contribution in [2.24, 2.45) is 11.8 Å². The van der Waals surface area contributed by atoms with E-state index < -0.39 is 0 Å². The number of ketones is 1. The van der Waals surface area contributed by atoms with Crippen LogP contribution in [-0.4, -0.2) is 5.78 Å². The molecule has 1 saturated carbocycles. The minimum Gasteiger partial charge on any atom is -0.299 e. The van der Waals surface area contributed by atoms with Gasteiger partial charge in [-0.1, -0.05) is 12.2 Å². The second-order valence-corrected chi connectivity index (χ2v) is 3.00. The van der Waals surface area contributed by atoms with E-state index in [0.29, 0.717) is 17.6 Å². The highest BCUT2D eigenvalue weighted by Crippen LogP contribution is 2.32. The Morgan fingerprint density at radius 2 is 2.22 bits per heavy atom. The second kappa shape index (κ2) is 1.69. The summed E-state index contributed by atoms with van der Waals surface area (Å²) in [4.78, 5) is 11.0. The van der Waals surface area contributed by atoms with Gasteiger partial charge in [0.1, 0.15) is 5.78 Å². The molecule has 0 aliphatic heterocycles. The van der Waals surface area contributed by atoms with Crippen LogP contribution in [0.1, 0.15) is 19.3 Å². The lowest BCUT2D eigenvalue weighted by Crippen LogP contribution is -2.26. The van der Waals surface area contributed by atoms with E-state index in [2.05, 4.69) is 12.2 Å². The lowest BCUT2D eigenvalue weighted by atomic mass is 9.75. The van der Waals surface area contributed by atoms with Gasteiger partial charge in [-0.25, -0.2) is 0 Å². The van der Waals surface area contributed by atoms with E-state index in [4.69, 9.17) is 0 Å². The lowest BCUT2D eigenvalue weighted by Gasteiger charge is -2.28. The molecule has 1 fully saturated rings. The molecular weight excluding hydrogens is 112 g/mol. The standard InChI is InChI=1S/C8H10O/c9-8-5-6-1-3-7(8)4-2-6/h1,3,6-7H,2,4-5H2/t6-,7+/m0/s1. The molecule has 9 heavy (non-hydrogen) atoms. The topological polar surface area (TPSA) is 17.1 Å². The number of hydrogen-bond donors (Lipinski definition) is 0. The first-order chi connectivity index (χ1) is 4.36. The van der Waals surface area contributed by atoms with Gasteiger partial charge in [-0.15, -0.1) is 0 Å². The maximum absolute atomic E-state index is 11.0. The third kappa shape index (κ3) is 0.716. The van der Waals surface area contributed by atoms with Crippen LogP contribution in [0.15, 0.2) is 12.2 Å². The summed E-state index contributed by atoms with van der Waals surface area (Å²) in [5.74, 6) is 1.37. The SMILES string of the molecule is O=C1C[C@H]2C=C[C@@H]1CC2. The average molecular weight is 122 g/mol. The van der Waals surface area contributed by atoms with Crippen molar-refractivity contribution in [3.8, 4) is 0 Å². The van der Waals surface area contributed by atoms with Crippen LogP contribution in [0.2, 0.25) is 0 Å². The zero-order chi connectivity index (χ0) is 6.27. The van der Waals surface area contributed by atoms with Gasteiger partial charge in [0.2, 0.25) is 0 Å². The summed E-state index contributed by atoms with van der Waals surface area (Å²) in [5, 5.41) is 0. The van der Waals surface area contributed by atoms with Crippen LogP contribution in [0.3, 0.4) is 0 Å². The number of rotatable bonds is 0. The number of carbonyl (C=O) groups is 1. The molecule has 0 N–H and O–H groups in total. The van der Waals surface area contributed by atoms with E-state index in [0.717, 1.165) is 12.8 Å². The van der Waals surface area contributed by atoms with Crippen molar-refractivity contribution in [1.29, 1.82) is 0 Å². The summed E-state index contributed by atoms with van der Waals surface area (Å²) in [7, 11) is 0. The van der Waals surface area contributed by atoms with Gasteiger partial charge in [0.25, 0.3) is 0 Å². The fourth-order valence-corrected chi connectivity index (χ4v) is 1.73. The maximum atomic E-state index is 11.0. The Morgan fingerprint density at radius 3 is 2.44 bits per heavy atom. The van der Waals surface area contributed by atoms with Gasteiger partial charge in [0, 0.05) is 12.3 Å². The molecule has 0 spiro atoms. The Labute approximate surface area is 54.8 Å². The van der Waals surface area contributed by atoms with Gasteiger partial charge in [-0.3, -0.25) is 4.79 Å². The summed E-state index contributed by atoms with van der Waals surface area (Å²) in [6.45, 7) is 0. The van der Waals surface area contributed by atoms with Crippen molar-refractivity contribution >= 4 is 5.78 Å². The number of allylic oxidation sites excluding steroid dienone is 2. The van der Waals surface area contributed by atoms with Gasteiger partial charge in [0.15, 0.2) is 0 Å². The fourth-order valence-electron chi connectivity index (χ4n) is 1.73. The van der Waals surface area contributed by atoms with Crippen LogP contribution in [0.5, 0.6) is 0 Å². The van der Waals surface area contributed by atoms with Gasteiger partial charge in [0.05, 0.1) is 0 Å². The molecule has 0 aromatic heterocycles. The van der Waals surface area contributed by atoms with E-state index in [1.807, 2.05) is 0 Å². The third-order valence-electron chi connectivity index (χ3n) is 2.34. The lowest BCUT2D eigenvalue weighted by molar-refractivity contribution is -0.124. The summed E-state index contributed by atoms with van der Waals surface area (Å²) in [6.07, 6.45) is 7.46. The van der Waals surface area contributed by atoms with Gasteiger partial charge >= 0.3 is 0 Å². The van der Waals surface area contributed by atoms with E-state index in [1.165, 1.54) is 6.42 Å². The van der Waals surface area contributed by atoms with Crippen molar-refractivity contribution in [2.75, 3.05) is 0 Å². The summed E-state index contributed by atoms with van der Waals surface area (Å²) in [6, 6.07) is 0. The predicted octanol–water partition coefficient (Wildman–Crippen LogP) is 1.54. The van der Waals surface area contributed by atoms with Crippen molar-refractivity contribution in [3.05, 3.63) is 12.2 Å². The van der Waals surface area contributed by atoms with Crippen LogP contribution in [0.25, 0.3) is 0 Å². The van der Waals surface area contributed by atoms with Crippen molar-refractivity contribution in [3.63, 3.8) is 0 Å². The third-order valence-corrected chi connectivity index (χ3v) is 2.34. The van der Waals surface area contributed by atoms with Crippen molar-refractivity contribution < 1.29 is 4.79 Å². The zero-order valence-electron chi connectivity index (χ0n) is 5.34. The Balaban J connectivity index is 2.29. The van der Waals surface area contributed by atoms with Crippen LogP contribution in [0, 0.1) is 11.8 Å². The molecule has 3 aliphatic carbocycles. The first kappa shape index (κ1) is 5.21. The van der Waals surface area contributed by atoms with Crippen molar-refractivity contribution in [1.82, 2.24) is 0 Å². The number of hydrogen-bond acceptors (Lipinski definition) is 1. The zero-order valence-corrected chi connectivity index (χ0v) is 5.34. The maximum Gasteiger partial charge on any atom is 0.140 e. The molecule has 0 radical (unpaired) electrons. The number of fused-ring (bicyclic) bond motifs is 2. The molecule has 3 rings (SSSR count). The minimum absolute atomic E-state index is 0.301. The number of Topliss-reactive ketones (excluding diaryl/α,β-unsaturated/α-hetero) is 1. The molecule has 0 heterocycles. The summed E-state index contributed by atoms with van der Waals surface area (Å²) in [5.41, 5.74) is 0. The molecule has 0 saturated heterocycles. The molecule has 0 aromatic rings. The molecule has 0 aromatic carbocycles. The smallest absolute Gasteiger partial charge is 0.140 e. The largest absolute Gasteiger partial charge is 0.299 e. The summed E-state index contributed by atoms with van der Waals surface area (Å²) < 4.78 is 0. The molecule has 2 atom stereocenters. The predicted molar refractivity (Wildman–Crippen MR) is 35.0 cm³/mol. The highest BCUT2D eigenvalue weighted by atomic mass is 16.1. The van der Waals surface area contributed by atoms with E-state index in [9.17, 15) is 4.79 Å². The van der Waals surface area contributed by atoms with Crippen molar-refractivity contribution in [2.45, 2.75) is 19.3 Å². The fraction of sp³-hybridized carbons (Fsp3) is 0.625. The molecule has 3 aliphatic rings. The molecule has 0 unspecified atom stereocenters. The molecular formula is C8H10O. The first-order valence-corrected chi connectivity index (χ1v) is 3.57. The van der Waals surface area contributed by atoms with E-state index >= 15 is 0 Å². The van der Waals surface area contributed by atoms with Crippen LogP contribution >= 0.6 is 0 Å². The van der Waals surface area contributed by atoms with E-state index in [-0.39, 0.29) is 0 Å². The average Bonchev–Trinajstić information content (AvgIpc) is 1.90. The molecule has 0 amide bonds. The Kier molecular flexibility index (Phi) is 0.981. The Bertz CT molecular complexity index is 169. The van der Waals surface area contributed by atoms with E-state index in [1.54, 1.807) is 0 Å². The molecule has 1 heteroatoms. The van der Waals surface area contributed by atoms with Gasteiger partial charge in [-0.2, -0.15) is 0 Å². The molecule has 48 valence electrons. The minimum atomic E-state index is 0.301. The number of carbonyl (C=O) groups excluding carboxylic acids is 1. The normalized spacial score (nSPS) is 39.8. The van der Waals surface area contributed by atoms with Crippen LogP contribution < -0.4 is 0 Å². The molecule has 2 bridgehead atoms. The van der Waals surface area contributed by atoms with Gasteiger partial charge in [-0.05, 0) is 18.8 Å². The first-order valence-electron chi connectivity index (χ1n) is 3.57. The Hall–Kier alpha value is -0.590. The van der Waals surface area contributed by atoms with Crippen LogP contribution in [-0.2, 0) is 4.79 Å². The second-order valence-electron chi connectivity index (χ2n) is 3.00. The highest BCUT2D eigenvalue weighted by Gasteiger charge is 2.29. The van der Waals surface area contributed by atoms with Crippen LogP contribution in [0.4, 0.5) is 0 Å². The summed E-state index contributed by atoms with van der Waals surface area (Å²) >= 11 is 0. The highest BCUT2D eigenvalue weighted by molar-refractivity contribution is 5.84. The van der Waals surface area contributed by atoms with Gasteiger partial charge < -0.3 is 0 Å². The quantitative estimate of drug-likeness (QED) is 0.445.